The van der Waals surface area contributed by atoms with Crippen molar-refractivity contribution < 1.29 is 4.79 Å². The minimum absolute atomic E-state index is 0.0889. The Hall–Kier alpha value is -3.11. The topological polar surface area (TPSA) is 87.8 Å². The number of hydrogen-bond acceptors (Lipinski definition) is 5. The molecule has 1 aromatic heterocycles. The Morgan fingerprint density at radius 3 is 2.72 bits per heavy atom. The number of hydrogen-bond donors (Lipinski definition) is 1. The molecule has 0 bridgehead atoms. The Balaban J connectivity index is 1.89. The average Bonchev–Trinajstić information content (AvgIpc) is 2.74. The van der Waals surface area contributed by atoms with Crippen LogP contribution in [-0.4, -0.2) is 20.7 Å². The first kappa shape index (κ1) is 20.6. The Bertz CT molecular complexity index is 1130. The van der Waals surface area contributed by atoms with Crippen molar-refractivity contribution in [3.05, 3.63) is 64.4 Å². The molecular weight excluding hydrogens is 384 g/mol. The number of aromatic nitrogens is 2. The van der Waals surface area contributed by atoms with E-state index in [1.54, 1.807) is 47.9 Å². The van der Waals surface area contributed by atoms with Crippen LogP contribution in [0, 0.1) is 11.3 Å². The number of carbonyl (C=O) groups is 1. The van der Waals surface area contributed by atoms with Crippen molar-refractivity contribution in [2.24, 2.45) is 0 Å². The van der Waals surface area contributed by atoms with E-state index in [1.165, 1.54) is 11.8 Å². The first-order chi connectivity index (χ1) is 14.0. The summed E-state index contributed by atoms with van der Waals surface area (Å²) < 4.78 is 1.66. The summed E-state index contributed by atoms with van der Waals surface area (Å²) >= 11 is 1.25. The lowest BCUT2D eigenvalue weighted by atomic mass is 10.2. The third-order valence-corrected chi connectivity index (χ3v) is 5.61. The molecule has 7 heteroatoms. The van der Waals surface area contributed by atoms with Crippen LogP contribution in [-0.2, 0) is 11.3 Å². The standard InChI is InChI=1S/C22H22N4O2S/c1-3-4-13-26-21(28)17-10-6-8-12-19(17)25-22(26)29-15(2)20(27)24-18-11-7-5-9-16(18)14-23/h5-12,15H,3-4,13H2,1-2H3,(H,24,27)/t15-/m0/s1. The lowest BCUT2D eigenvalue weighted by Gasteiger charge is -2.16. The Labute approximate surface area is 173 Å². The molecule has 0 unspecified atom stereocenters. The molecule has 0 saturated heterocycles. The highest BCUT2D eigenvalue weighted by Crippen LogP contribution is 2.24. The van der Waals surface area contributed by atoms with E-state index in [-0.39, 0.29) is 11.5 Å². The smallest absolute Gasteiger partial charge is 0.262 e. The summed E-state index contributed by atoms with van der Waals surface area (Å²) in [6, 6.07) is 16.2. The molecule has 1 N–H and O–H groups in total. The molecule has 0 aliphatic rings. The van der Waals surface area contributed by atoms with Crippen molar-refractivity contribution in [3.63, 3.8) is 0 Å². The molecule has 6 nitrogen and oxygen atoms in total. The molecular formula is C22H22N4O2S. The fourth-order valence-electron chi connectivity index (χ4n) is 2.89. The highest BCUT2D eigenvalue weighted by molar-refractivity contribution is 8.00. The van der Waals surface area contributed by atoms with Gasteiger partial charge in [-0.3, -0.25) is 14.2 Å². The van der Waals surface area contributed by atoms with Crippen LogP contribution in [0.2, 0.25) is 0 Å². The fourth-order valence-corrected chi connectivity index (χ4v) is 3.82. The third-order valence-electron chi connectivity index (χ3n) is 4.52. The molecule has 2 aromatic carbocycles. The molecule has 0 saturated carbocycles. The highest BCUT2D eigenvalue weighted by atomic mass is 32.2. The number of anilines is 1. The Morgan fingerprint density at radius 1 is 1.24 bits per heavy atom. The van der Waals surface area contributed by atoms with E-state index in [1.807, 2.05) is 12.1 Å². The lowest BCUT2D eigenvalue weighted by molar-refractivity contribution is -0.115. The second kappa shape index (κ2) is 9.39. The number of benzene rings is 2. The second-order valence-electron chi connectivity index (χ2n) is 6.63. The van der Waals surface area contributed by atoms with Crippen molar-refractivity contribution >= 4 is 34.3 Å². The molecule has 0 radical (unpaired) electrons. The largest absolute Gasteiger partial charge is 0.324 e. The van der Waals surface area contributed by atoms with E-state index in [4.69, 9.17) is 0 Å². The molecule has 148 valence electrons. The van der Waals surface area contributed by atoms with Crippen LogP contribution >= 0.6 is 11.8 Å². The van der Waals surface area contributed by atoms with Crippen molar-refractivity contribution in [2.75, 3.05) is 5.32 Å². The lowest BCUT2D eigenvalue weighted by Crippen LogP contribution is -2.27. The minimum Gasteiger partial charge on any atom is -0.324 e. The van der Waals surface area contributed by atoms with Crippen LogP contribution in [0.25, 0.3) is 10.9 Å². The quantitative estimate of drug-likeness (QED) is 0.470. The van der Waals surface area contributed by atoms with Gasteiger partial charge in [0.15, 0.2) is 5.16 Å². The summed E-state index contributed by atoms with van der Waals surface area (Å²) in [5.41, 5.74) is 1.41. The maximum Gasteiger partial charge on any atom is 0.262 e. The number of nitrogens with one attached hydrogen (secondary N) is 1. The maximum atomic E-state index is 13.0. The number of nitriles is 1. The summed E-state index contributed by atoms with van der Waals surface area (Å²) in [5.74, 6) is -0.248. The summed E-state index contributed by atoms with van der Waals surface area (Å²) in [6.45, 7) is 4.39. The van der Waals surface area contributed by atoms with Crippen LogP contribution in [0.4, 0.5) is 5.69 Å². The van der Waals surface area contributed by atoms with Gasteiger partial charge in [0.25, 0.3) is 5.56 Å². The minimum atomic E-state index is -0.498. The van der Waals surface area contributed by atoms with Gasteiger partial charge in [0.2, 0.25) is 5.91 Å². The summed E-state index contributed by atoms with van der Waals surface area (Å²) in [4.78, 5) is 30.3. The fraction of sp³-hybridized carbons (Fsp3) is 0.273. The van der Waals surface area contributed by atoms with Gasteiger partial charge in [-0.25, -0.2) is 4.98 Å². The van der Waals surface area contributed by atoms with Gasteiger partial charge in [0.05, 0.1) is 27.4 Å². The second-order valence-corrected chi connectivity index (χ2v) is 7.94. The van der Waals surface area contributed by atoms with Gasteiger partial charge >= 0.3 is 0 Å². The number of amides is 1. The monoisotopic (exact) mass is 406 g/mol. The number of para-hydroxylation sites is 2. The van der Waals surface area contributed by atoms with Gasteiger partial charge in [0.1, 0.15) is 6.07 Å². The van der Waals surface area contributed by atoms with Crippen LogP contribution in [0.3, 0.4) is 0 Å². The molecule has 3 aromatic rings. The van der Waals surface area contributed by atoms with Gasteiger partial charge in [0, 0.05) is 6.54 Å². The van der Waals surface area contributed by atoms with Crippen molar-refractivity contribution in [2.45, 2.75) is 43.6 Å². The molecule has 1 heterocycles. The molecule has 0 aliphatic heterocycles. The first-order valence-corrected chi connectivity index (χ1v) is 10.4. The molecule has 1 amide bonds. The first-order valence-electron chi connectivity index (χ1n) is 9.51. The van der Waals surface area contributed by atoms with Crippen LogP contribution in [0.1, 0.15) is 32.3 Å². The van der Waals surface area contributed by atoms with Gasteiger partial charge in [-0.1, -0.05) is 49.4 Å². The van der Waals surface area contributed by atoms with E-state index in [9.17, 15) is 14.9 Å². The average molecular weight is 407 g/mol. The molecule has 0 spiro atoms. The van der Waals surface area contributed by atoms with E-state index >= 15 is 0 Å². The molecule has 0 fully saturated rings. The predicted molar refractivity (Wildman–Crippen MR) is 116 cm³/mol. The van der Waals surface area contributed by atoms with E-state index in [0.717, 1.165) is 12.8 Å². The number of fused-ring (bicyclic) bond motifs is 1. The molecule has 3 rings (SSSR count). The number of rotatable bonds is 7. The van der Waals surface area contributed by atoms with Gasteiger partial charge in [-0.2, -0.15) is 5.26 Å². The van der Waals surface area contributed by atoms with E-state index < -0.39 is 5.25 Å². The molecule has 1 atom stereocenters. The SMILES string of the molecule is CCCCn1c(S[C@@H](C)C(=O)Nc2ccccc2C#N)nc2ccccc2c1=O. The van der Waals surface area contributed by atoms with Crippen molar-refractivity contribution in [1.29, 1.82) is 5.26 Å². The van der Waals surface area contributed by atoms with Crippen LogP contribution in [0.15, 0.2) is 58.5 Å². The summed E-state index contributed by atoms with van der Waals surface area (Å²) in [6.07, 6.45) is 1.80. The summed E-state index contributed by atoms with van der Waals surface area (Å²) in [5, 5.41) is 12.6. The Kier molecular flexibility index (Phi) is 6.68. The van der Waals surface area contributed by atoms with E-state index in [0.29, 0.717) is 33.9 Å². The zero-order chi connectivity index (χ0) is 20.8. The van der Waals surface area contributed by atoms with Gasteiger partial charge in [-0.05, 0) is 37.6 Å². The number of carbonyl (C=O) groups excluding carboxylic acids is 1. The van der Waals surface area contributed by atoms with Crippen molar-refractivity contribution in [1.82, 2.24) is 9.55 Å². The van der Waals surface area contributed by atoms with Crippen LogP contribution in [0.5, 0.6) is 0 Å². The zero-order valence-electron chi connectivity index (χ0n) is 16.4. The highest BCUT2D eigenvalue weighted by Gasteiger charge is 2.20. The van der Waals surface area contributed by atoms with Crippen LogP contribution < -0.4 is 10.9 Å². The number of unbranched alkanes of at least 4 members (excludes halogenated alkanes) is 1. The normalized spacial score (nSPS) is 11.8. The Morgan fingerprint density at radius 2 is 1.97 bits per heavy atom. The molecule has 0 aliphatic carbocycles. The number of thioether (sulfide) groups is 1. The molecule has 29 heavy (non-hydrogen) atoms. The van der Waals surface area contributed by atoms with Gasteiger partial charge < -0.3 is 5.32 Å². The third kappa shape index (κ3) is 4.66. The predicted octanol–water partition coefficient (Wildman–Crippen LogP) is 4.19. The van der Waals surface area contributed by atoms with Crippen molar-refractivity contribution in [3.8, 4) is 6.07 Å². The maximum absolute atomic E-state index is 13.0. The number of nitrogens with zero attached hydrogens (tertiary/aromatic N) is 3. The zero-order valence-corrected chi connectivity index (χ0v) is 17.2. The summed E-state index contributed by atoms with van der Waals surface area (Å²) in [7, 11) is 0. The van der Waals surface area contributed by atoms with Gasteiger partial charge in [-0.15, -0.1) is 0 Å². The van der Waals surface area contributed by atoms with E-state index in [2.05, 4.69) is 23.3 Å².